The summed E-state index contributed by atoms with van der Waals surface area (Å²) in [6, 6.07) is 23.7. The summed E-state index contributed by atoms with van der Waals surface area (Å²) >= 11 is 0. The van der Waals surface area contributed by atoms with Crippen molar-refractivity contribution in [3.8, 4) is 11.6 Å². The van der Waals surface area contributed by atoms with Crippen LogP contribution in [0.1, 0.15) is 34.5 Å². The van der Waals surface area contributed by atoms with Crippen LogP contribution in [-0.4, -0.2) is 54.0 Å². The topological polar surface area (TPSA) is 84.1 Å². The molecule has 36 heavy (non-hydrogen) atoms. The predicted octanol–water partition coefficient (Wildman–Crippen LogP) is 4.59. The monoisotopic (exact) mass is 483 g/mol. The van der Waals surface area contributed by atoms with Crippen molar-refractivity contribution in [2.75, 3.05) is 27.2 Å². The SMILES string of the molecule is CCOC(=O)c1ccc(-n2c(O)c(C=NC[C@H](c3ccccc3)N(C)C)c3ccccc3c2=O)cc1. The molecular formula is C29H29N3O4. The Kier molecular flexibility index (Phi) is 7.61. The minimum absolute atomic E-state index is 0.0529. The molecule has 1 heterocycles. The van der Waals surface area contributed by atoms with Crippen LogP contribution >= 0.6 is 0 Å². The van der Waals surface area contributed by atoms with E-state index in [9.17, 15) is 14.7 Å². The summed E-state index contributed by atoms with van der Waals surface area (Å²) in [5.41, 5.74) is 2.03. The molecule has 1 aromatic heterocycles. The second-order valence-electron chi connectivity index (χ2n) is 8.58. The lowest BCUT2D eigenvalue weighted by Gasteiger charge is -2.23. The molecule has 0 aliphatic carbocycles. The summed E-state index contributed by atoms with van der Waals surface area (Å²) < 4.78 is 6.27. The van der Waals surface area contributed by atoms with Crippen LogP contribution in [0, 0.1) is 0 Å². The molecule has 0 bridgehead atoms. The molecule has 1 atom stereocenters. The minimum Gasteiger partial charge on any atom is -0.494 e. The third-order valence-corrected chi connectivity index (χ3v) is 6.05. The van der Waals surface area contributed by atoms with E-state index in [1.165, 1.54) is 4.57 Å². The number of aromatic hydroxyl groups is 1. The molecule has 0 unspecified atom stereocenters. The number of likely N-dealkylation sites (N-methyl/N-ethyl adjacent to an activating group) is 1. The third-order valence-electron chi connectivity index (χ3n) is 6.05. The van der Waals surface area contributed by atoms with E-state index in [0.29, 0.717) is 34.1 Å². The molecule has 4 aromatic rings. The second kappa shape index (κ2) is 11.0. The smallest absolute Gasteiger partial charge is 0.338 e. The predicted molar refractivity (Wildman–Crippen MR) is 142 cm³/mol. The molecular weight excluding hydrogens is 454 g/mol. The van der Waals surface area contributed by atoms with Crippen molar-refractivity contribution in [3.63, 3.8) is 0 Å². The van der Waals surface area contributed by atoms with Crippen LogP contribution in [0.4, 0.5) is 0 Å². The molecule has 0 radical (unpaired) electrons. The standard InChI is InChI=1S/C29H29N3O4/c1-4-36-29(35)21-14-16-22(17-15-21)32-27(33)24-13-9-8-12-23(24)25(28(32)34)18-30-19-26(31(2)3)20-10-6-5-7-11-20/h5-18,26,34H,4,19H2,1-3H3/t26-/m1/s1. The highest BCUT2D eigenvalue weighted by molar-refractivity contribution is 6.01. The van der Waals surface area contributed by atoms with E-state index in [0.717, 1.165) is 5.56 Å². The zero-order chi connectivity index (χ0) is 25.7. The second-order valence-corrected chi connectivity index (χ2v) is 8.58. The molecule has 0 spiro atoms. The lowest BCUT2D eigenvalue weighted by molar-refractivity contribution is 0.0526. The first-order chi connectivity index (χ1) is 17.4. The van der Waals surface area contributed by atoms with E-state index in [1.807, 2.05) is 38.4 Å². The maximum absolute atomic E-state index is 13.3. The highest BCUT2D eigenvalue weighted by Crippen LogP contribution is 2.26. The van der Waals surface area contributed by atoms with Gasteiger partial charge in [0.15, 0.2) is 0 Å². The number of aliphatic imine (C=N–C) groups is 1. The van der Waals surface area contributed by atoms with Crippen molar-refractivity contribution in [2.45, 2.75) is 13.0 Å². The van der Waals surface area contributed by atoms with Crippen LogP contribution < -0.4 is 5.56 Å². The highest BCUT2D eigenvalue weighted by atomic mass is 16.5. The van der Waals surface area contributed by atoms with E-state index >= 15 is 0 Å². The fourth-order valence-electron chi connectivity index (χ4n) is 4.18. The van der Waals surface area contributed by atoms with Gasteiger partial charge in [0.25, 0.3) is 5.56 Å². The van der Waals surface area contributed by atoms with Crippen LogP contribution in [0.2, 0.25) is 0 Å². The van der Waals surface area contributed by atoms with Gasteiger partial charge in [-0.2, -0.15) is 0 Å². The van der Waals surface area contributed by atoms with Crippen molar-refractivity contribution in [1.29, 1.82) is 0 Å². The molecule has 3 aromatic carbocycles. The molecule has 4 rings (SSSR count). The third kappa shape index (κ3) is 5.06. The number of hydrogen-bond acceptors (Lipinski definition) is 6. The largest absolute Gasteiger partial charge is 0.494 e. The van der Waals surface area contributed by atoms with E-state index < -0.39 is 5.97 Å². The van der Waals surface area contributed by atoms with Gasteiger partial charge in [0.05, 0.1) is 36.0 Å². The average Bonchev–Trinajstić information content (AvgIpc) is 2.89. The molecule has 0 saturated heterocycles. The normalized spacial score (nSPS) is 12.3. The fourth-order valence-corrected chi connectivity index (χ4v) is 4.18. The van der Waals surface area contributed by atoms with Crippen molar-refractivity contribution in [1.82, 2.24) is 9.47 Å². The molecule has 1 N–H and O–H groups in total. The lowest BCUT2D eigenvalue weighted by Crippen LogP contribution is -2.23. The van der Waals surface area contributed by atoms with Gasteiger partial charge in [-0.25, -0.2) is 9.36 Å². The van der Waals surface area contributed by atoms with Gasteiger partial charge in [0.2, 0.25) is 5.88 Å². The maximum atomic E-state index is 13.3. The van der Waals surface area contributed by atoms with Crippen molar-refractivity contribution in [2.24, 2.45) is 4.99 Å². The number of aromatic nitrogens is 1. The molecule has 0 fully saturated rings. The number of carbonyl (C=O) groups is 1. The Morgan fingerprint density at radius 3 is 2.28 bits per heavy atom. The van der Waals surface area contributed by atoms with Crippen LogP contribution in [0.25, 0.3) is 16.5 Å². The van der Waals surface area contributed by atoms with Gasteiger partial charge in [-0.15, -0.1) is 0 Å². The summed E-state index contributed by atoms with van der Waals surface area (Å²) in [5, 5.41) is 12.3. The Morgan fingerprint density at radius 2 is 1.64 bits per heavy atom. The van der Waals surface area contributed by atoms with Crippen molar-refractivity contribution >= 4 is 23.0 Å². The quantitative estimate of drug-likeness (QED) is 0.293. The summed E-state index contributed by atoms with van der Waals surface area (Å²) in [5.74, 6) is -0.659. The molecule has 7 heteroatoms. The van der Waals surface area contributed by atoms with Crippen LogP contribution in [-0.2, 0) is 4.74 Å². The van der Waals surface area contributed by atoms with E-state index in [-0.39, 0.29) is 24.1 Å². The zero-order valence-corrected chi connectivity index (χ0v) is 20.6. The molecule has 184 valence electrons. The number of fused-ring (bicyclic) bond motifs is 1. The molecule has 0 amide bonds. The van der Waals surface area contributed by atoms with E-state index in [2.05, 4.69) is 22.0 Å². The first-order valence-corrected chi connectivity index (χ1v) is 11.8. The summed E-state index contributed by atoms with van der Waals surface area (Å²) in [4.78, 5) is 32.1. The molecule has 0 saturated carbocycles. The highest BCUT2D eigenvalue weighted by Gasteiger charge is 2.18. The summed E-state index contributed by atoms with van der Waals surface area (Å²) in [7, 11) is 4.00. The van der Waals surface area contributed by atoms with E-state index in [1.54, 1.807) is 55.6 Å². The minimum atomic E-state index is -0.444. The Morgan fingerprint density at radius 1 is 1.00 bits per heavy atom. The number of benzene rings is 3. The number of nitrogens with zero attached hydrogens (tertiary/aromatic N) is 3. The van der Waals surface area contributed by atoms with Gasteiger partial charge in [-0.1, -0.05) is 48.5 Å². The van der Waals surface area contributed by atoms with Crippen molar-refractivity contribution < 1.29 is 14.6 Å². The van der Waals surface area contributed by atoms with Gasteiger partial charge >= 0.3 is 5.97 Å². The molecule has 0 aliphatic heterocycles. The zero-order valence-electron chi connectivity index (χ0n) is 20.6. The first-order valence-electron chi connectivity index (χ1n) is 11.8. The van der Waals surface area contributed by atoms with Crippen LogP contribution in [0.5, 0.6) is 5.88 Å². The Bertz CT molecular complexity index is 1440. The van der Waals surface area contributed by atoms with Gasteiger partial charge in [0.1, 0.15) is 0 Å². The summed E-state index contributed by atoms with van der Waals surface area (Å²) in [6.45, 7) is 2.48. The van der Waals surface area contributed by atoms with Crippen LogP contribution in [0.3, 0.4) is 0 Å². The first kappa shape index (κ1) is 24.9. The number of ether oxygens (including phenoxy) is 1. The van der Waals surface area contributed by atoms with Crippen molar-refractivity contribution in [3.05, 3.63) is 106 Å². The van der Waals surface area contributed by atoms with Gasteiger partial charge in [-0.3, -0.25) is 9.79 Å². The Hall–Kier alpha value is -4.23. The number of rotatable bonds is 8. The molecule has 7 nitrogen and oxygen atoms in total. The maximum Gasteiger partial charge on any atom is 0.338 e. The van der Waals surface area contributed by atoms with Gasteiger partial charge in [-0.05, 0) is 56.9 Å². The Balaban J connectivity index is 1.76. The fraction of sp³-hybridized carbons (Fsp3) is 0.207. The van der Waals surface area contributed by atoms with E-state index in [4.69, 9.17) is 4.74 Å². The van der Waals surface area contributed by atoms with Gasteiger partial charge < -0.3 is 14.7 Å². The number of carbonyl (C=O) groups excluding carboxylic acids is 1. The summed E-state index contributed by atoms with van der Waals surface area (Å²) in [6.07, 6.45) is 1.63. The number of hydrogen-bond donors (Lipinski definition) is 1. The molecule has 0 aliphatic rings. The number of pyridine rings is 1. The van der Waals surface area contributed by atoms with Gasteiger partial charge in [0, 0.05) is 17.0 Å². The number of esters is 1. The average molecular weight is 484 g/mol. The van der Waals surface area contributed by atoms with Crippen LogP contribution in [0.15, 0.2) is 88.6 Å². The Labute approximate surface area is 209 Å². The lowest BCUT2D eigenvalue weighted by atomic mass is 10.1.